The van der Waals surface area contributed by atoms with Crippen molar-refractivity contribution >= 4 is 23.0 Å². The number of benzene rings is 1. The van der Waals surface area contributed by atoms with Crippen LogP contribution in [0.4, 0.5) is 11.4 Å². The Hall–Kier alpha value is -0.970. The highest BCUT2D eigenvalue weighted by Crippen LogP contribution is 2.25. The number of hydrogen-bond acceptors (Lipinski definition) is 4. The molecule has 4 nitrogen and oxygen atoms in total. The van der Waals surface area contributed by atoms with Crippen molar-refractivity contribution in [2.24, 2.45) is 0 Å². The van der Waals surface area contributed by atoms with E-state index in [0.717, 1.165) is 31.1 Å². The highest BCUT2D eigenvalue weighted by atomic mass is 35.5. The van der Waals surface area contributed by atoms with Gasteiger partial charge in [-0.1, -0.05) is 11.6 Å². The minimum Gasteiger partial charge on any atom is -0.397 e. The zero-order valence-electron chi connectivity index (χ0n) is 10.9. The molecule has 1 aromatic carbocycles. The second-order valence-electron chi connectivity index (χ2n) is 5.36. The first kappa shape index (κ1) is 13.0. The molecule has 5 heteroatoms. The van der Waals surface area contributed by atoms with E-state index < -0.39 is 0 Å². The zero-order chi connectivity index (χ0) is 13.2. The van der Waals surface area contributed by atoms with Gasteiger partial charge in [0.05, 0.1) is 24.1 Å². The standard InChI is InChI=1S/C14H20ClN3O/c15-10-3-4-13(16)14(6-10)17-7-12-8-18-5-1-2-11(18)9-19-12/h3-4,6,11-12,17H,1-2,5,7-9,16H2. The number of hydrogen-bond donors (Lipinski definition) is 2. The smallest absolute Gasteiger partial charge is 0.0874 e. The monoisotopic (exact) mass is 281 g/mol. The first-order chi connectivity index (χ1) is 9.22. The number of anilines is 2. The maximum Gasteiger partial charge on any atom is 0.0874 e. The summed E-state index contributed by atoms with van der Waals surface area (Å²) in [6, 6.07) is 6.13. The van der Waals surface area contributed by atoms with Crippen molar-refractivity contribution in [3.8, 4) is 0 Å². The largest absolute Gasteiger partial charge is 0.397 e. The minimum atomic E-state index is 0.229. The highest BCUT2D eigenvalue weighted by Gasteiger charge is 2.31. The summed E-state index contributed by atoms with van der Waals surface area (Å²) in [5.41, 5.74) is 7.53. The summed E-state index contributed by atoms with van der Waals surface area (Å²) in [7, 11) is 0. The van der Waals surface area contributed by atoms with Crippen LogP contribution >= 0.6 is 11.6 Å². The van der Waals surface area contributed by atoms with E-state index in [1.807, 2.05) is 12.1 Å². The maximum atomic E-state index is 5.98. The molecule has 0 bridgehead atoms. The molecule has 0 aliphatic carbocycles. The van der Waals surface area contributed by atoms with Crippen molar-refractivity contribution in [3.05, 3.63) is 23.2 Å². The summed E-state index contributed by atoms with van der Waals surface area (Å²) in [5.74, 6) is 0. The van der Waals surface area contributed by atoms with Gasteiger partial charge in [0, 0.05) is 24.2 Å². The molecule has 2 aliphatic heterocycles. The number of fused-ring (bicyclic) bond motifs is 1. The minimum absolute atomic E-state index is 0.229. The zero-order valence-corrected chi connectivity index (χ0v) is 11.7. The molecule has 0 spiro atoms. The van der Waals surface area contributed by atoms with Gasteiger partial charge in [-0.2, -0.15) is 0 Å². The van der Waals surface area contributed by atoms with Gasteiger partial charge in [0.1, 0.15) is 0 Å². The molecule has 19 heavy (non-hydrogen) atoms. The van der Waals surface area contributed by atoms with Crippen LogP contribution in [-0.2, 0) is 4.74 Å². The Balaban J connectivity index is 1.56. The Morgan fingerprint density at radius 1 is 1.47 bits per heavy atom. The van der Waals surface area contributed by atoms with E-state index in [4.69, 9.17) is 22.1 Å². The van der Waals surface area contributed by atoms with Crippen LogP contribution in [0.5, 0.6) is 0 Å². The lowest BCUT2D eigenvalue weighted by molar-refractivity contribution is -0.0415. The molecule has 2 aliphatic rings. The van der Waals surface area contributed by atoms with Crippen LogP contribution in [-0.4, -0.2) is 43.3 Å². The topological polar surface area (TPSA) is 50.5 Å². The molecule has 0 amide bonds. The van der Waals surface area contributed by atoms with Gasteiger partial charge < -0.3 is 15.8 Å². The van der Waals surface area contributed by atoms with E-state index in [2.05, 4.69) is 10.2 Å². The number of nitrogens with two attached hydrogens (primary N) is 1. The SMILES string of the molecule is Nc1ccc(Cl)cc1NCC1CN2CCCC2CO1. The highest BCUT2D eigenvalue weighted by molar-refractivity contribution is 6.31. The third kappa shape index (κ3) is 2.96. The maximum absolute atomic E-state index is 5.98. The molecule has 2 unspecified atom stereocenters. The summed E-state index contributed by atoms with van der Waals surface area (Å²) in [6.07, 6.45) is 2.81. The Labute approximate surface area is 118 Å². The van der Waals surface area contributed by atoms with Gasteiger partial charge in [-0.25, -0.2) is 0 Å². The van der Waals surface area contributed by atoms with E-state index >= 15 is 0 Å². The number of nitrogens with zero attached hydrogens (tertiary/aromatic N) is 1. The van der Waals surface area contributed by atoms with Crippen molar-refractivity contribution in [3.63, 3.8) is 0 Å². The van der Waals surface area contributed by atoms with Crippen molar-refractivity contribution in [2.45, 2.75) is 25.0 Å². The molecule has 2 saturated heterocycles. The lowest BCUT2D eigenvalue weighted by atomic mass is 10.2. The van der Waals surface area contributed by atoms with E-state index in [0.29, 0.717) is 11.1 Å². The molecule has 0 radical (unpaired) electrons. The fraction of sp³-hybridized carbons (Fsp3) is 0.571. The quantitative estimate of drug-likeness (QED) is 0.834. The van der Waals surface area contributed by atoms with Gasteiger partial charge >= 0.3 is 0 Å². The molecule has 2 atom stereocenters. The van der Waals surface area contributed by atoms with Crippen molar-refractivity contribution < 1.29 is 4.74 Å². The van der Waals surface area contributed by atoms with Crippen LogP contribution in [0.15, 0.2) is 18.2 Å². The van der Waals surface area contributed by atoms with Gasteiger partial charge in [-0.3, -0.25) is 4.90 Å². The number of rotatable bonds is 3. The van der Waals surface area contributed by atoms with E-state index in [-0.39, 0.29) is 6.10 Å². The number of nitrogen functional groups attached to an aromatic ring is 1. The van der Waals surface area contributed by atoms with E-state index in [1.165, 1.54) is 19.4 Å². The third-order valence-corrected chi connectivity index (χ3v) is 4.23. The molecule has 2 fully saturated rings. The number of morpholine rings is 1. The fourth-order valence-electron chi connectivity index (χ4n) is 2.91. The van der Waals surface area contributed by atoms with Gasteiger partial charge in [0.15, 0.2) is 0 Å². The van der Waals surface area contributed by atoms with Crippen LogP contribution in [0.1, 0.15) is 12.8 Å². The summed E-state index contributed by atoms with van der Waals surface area (Å²) >= 11 is 5.98. The average Bonchev–Trinajstić information content (AvgIpc) is 2.87. The fourth-order valence-corrected chi connectivity index (χ4v) is 3.09. The predicted molar refractivity (Wildman–Crippen MR) is 78.7 cm³/mol. The van der Waals surface area contributed by atoms with Crippen LogP contribution in [0.3, 0.4) is 0 Å². The summed E-state index contributed by atoms with van der Waals surface area (Å²) in [6.45, 7) is 3.85. The van der Waals surface area contributed by atoms with E-state index in [1.54, 1.807) is 6.07 Å². The first-order valence-electron chi connectivity index (χ1n) is 6.87. The summed E-state index contributed by atoms with van der Waals surface area (Å²) in [5, 5.41) is 4.04. The van der Waals surface area contributed by atoms with E-state index in [9.17, 15) is 0 Å². The number of nitrogens with one attached hydrogen (secondary N) is 1. The lowest BCUT2D eigenvalue weighted by Gasteiger charge is -2.35. The lowest BCUT2D eigenvalue weighted by Crippen LogP contribution is -2.48. The Kier molecular flexibility index (Phi) is 3.82. The molecule has 3 rings (SSSR count). The number of halogens is 1. The van der Waals surface area contributed by atoms with Crippen molar-refractivity contribution in [1.82, 2.24) is 4.90 Å². The molecule has 104 valence electrons. The molecular weight excluding hydrogens is 262 g/mol. The molecule has 3 N–H and O–H groups in total. The van der Waals surface area contributed by atoms with Crippen LogP contribution in [0.25, 0.3) is 0 Å². The predicted octanol–water partition coefficient (Wildman–Crippen LogP) is 2.20. The first-order valence-corrected chi connectivity index (χ1v) is 7.25. The summed E-state index contributed by atoms with van der Waals surface area (Å²) in [4.78, 5) is 2.54. The molecule has 0 aromatic heterocycles. The van der Waals surface area contributed by atoms with Gasteiger partial charge in [0.25, 0.3) is 0 Å². The van der Waals surface area contributed by atoms with Gasteiger partial charge in [0.2, 0.25) is 0 Å². The molecule has 0 saturated carbocycles. The van der Waals surface area contributed by atoms with Crippen molar-refractivity contribution in [2.75, 3.05) is 37.3 Å². The second-order valence-corrected chi connectivity index (χ2v) is 5.80. The average molecular weight is 282 g/mol. The van der Waals surface area contributed by atoms with Crippen LogP contribution < -0.4 is 11.1 Å². The molecule has 1 aromatic rings. The van der Waals surface area contributed by atoms with Gasteiger partial charge in [-0.15, -0.1) is 0 Å². The van der Waals surface area contributed by atoms with Crippen LogP contribution in [0.2, 0.25) is 5.02 Å². The summed E-state index contributed by atoms with van der Waals surface area (Å²) < 4.78 is 5.91. The van der Waals surface area contributed by atoms with Gasteiger partial charge in [-0.05, 0) is 37.6 Å². The Bertz CT molecular complexity index is 454. The Morgan fingerprint density at radius 2 is 2.37 bits per heavy atom. The molecule has 2 heterocycles. The third-order valence-electron chi connectivity index (χ3n) is 4.00. The normalized spacial score (nSPS) is 27.2. The second kappa shape index (κ2) is 5.57. The van der Waals surface area contributed by atoms with Crippen LogP contribution in [0, 0.1) is 0 Å². The Morgan fingerprint density at radius 3 is 3.26 bits per heavy atom. The number of ether oxygens (including phenoxy) is 1. The molecular formula is C14H20ClN3O. The van der Waals surface area contributed by atoms with Crippen molar-refractivity contribution in [1.29, 1.82) is 0 Å².